The van der Waals surface area contributed by atoms with Crippen LogP contribution in [0, 0.1) is 35.5 Å². The zero-order valence-corrected chi connectivity index (χ0v) is 22.1. The maximum absolute atomic E-state index is 14.3. The number of allylic oxidation sites excluding steroid dienone is 1. The maximum Gasteiger partial charge on any atom is 0.158 e. The highest BCUT2D eigenvalue weighted by Crippen LogP contribution is 2.52. The van der Waals surface area contributed by atoms with Crippen molar-refractivity contribution in [1.82, 2.24) is 0 Å². The van der Waals surface area contributed by atoms with Crippen molar-refractivity contribution in [3.63, 3.8) is 0 Å². The number of aliphatic hydroxyl groups excluding tert-OH is 1. The van der Waals surface area contributed by atoms with Crippen LogP contribution in [-0.4, -0.2) is 49.7 Å². The quantitative estimate of drug-likeness (QED) is 0.305. The second-order valence-corrected chi connectivity index (χ2v) is 11.0. The molecular formula is C30H45FO5. The zero-order valence-electron chi connectivity index (χ0n) is 22.1. The van der Waals surface area contributed by atoms with Crippen LogP contribution in [-0.2, 0) is 18.9 Å². The zero-order chi connectivity index (χ0) is 25.3. The second-order valence-electron chi connectivity index (χ2n) is 11.0. The maximum atomic E-state index is 14.3. The van der Waals surface area contributed by atoms with Gasteiger partial charge in [-0.25, -0.2) is 4.39 Å². The molecule has 8 atom stereocenters. The van der Waals surface area contributed by atoms with E-state index in [0.717, 1.165) is 76.6 Å². The van der Waals surface area contributed by atoms with Crippen LogP contribution in [0.25, 0.3) is 0 Å². The number of hydrogen-bond donors (Lipinski definition) is 1. The molecule has 2 saturated carbocycles. The van der Waals surface area contributed by atoms with Crippen molar-refractivity contribution in [2.24, 2.45) is 23.7 Å². The van der Waals surface area contributed by atoms with Gasteiger partial charge in [-0.3, -0.25) is 0 Å². The predicted molar refractivity (Wildman–Crippen MR) is 137 cm³/mol. The van der Waals surface area contributed by atoms with Crippen LogP contribution < -0.4 is 0 Å². The minimum absolute atomic E-state index is 0.0554. The minimum Gasteiger partial charge on any atom is -0.389 e. The molecule has 2 saturated heterocycles. The Morgan fingerprint density at radius 1 is 1.11 bits per heavy atom. The lowest BCUT2D eigenvalue weighted by molar-refractivity contribution is -0.193. The van der Waals surface area contributed by atoms with Gasteiger partial charge in [0.1, 0.15) is 5.83 Å². The highest BCUT2D eigenvalue weighted by molar-refractivity contribution is 5.21. The molecule has 0 aromatic rings. The summed E-state index contributed by atoms with van der Waals surface area (Å²) in [6.45, 7) is 5.26. The fraction of sp³-hybridized carbons (Fsp3) is 0.800. The monoisotopic (exact) mass is 504 g/mol. The molecule has 0 amide bonds. The highest BCUT2D eigenvalue weighted by Gasteiger charge is 2.48. The Balaban J connectivity index is 1.51. The molecule has 4 aliphatic rings. The lowest BCUT2D eigenvalue weighted by atomic mass is 9.89. The van der Waals surface area contributed by atoms with E-state index in [1.165, 1.54) is 0 Å². The van der Waals surface area contributed by atoms with Crippen LogP contribution in [0.15, 0.2) is 23.6 Å². The van der Waals surface area contributed by atoms with E-state index < -0.39 is 6.61 Å². The first kappa shape index (κ1) is 27.8. The van der Waals surface area contributed by atoms with Crippen molar-refractivity contribution in [2.45, 2.75) is 109 Å². The molecule has 1 N–H and O–H groups in total. The Bertz CT molecular complexity index is 802. The van der Waals surface area contributed by atoms with Crippen molar-refractivity contribution in [2.75, 3.05) is 19.8 Å². The number of hydrogen-bond acceptors (Lipinski definition) is 5. The van der Waals surface area contributed by atoms with Crippen LogP contribution in [0.2, 0.25) is 0 Å². The highest BCUT2D eigenvalue weighted by atomic mass is 19.1. The summed E-state index contributed by atoms with van der Waals surface area (Å²) in [5, 5.41) is 9.35. The van der Waals surface area contributed by atoms with E-state index in [2.05, 4.69) is 37.8 Å². The van der Waals surface area contributed by atoms with Crippen LogP contribution in [0.3, 0.4) is 0 Å². The average molecular weight is 505 g/mol. The summed E-state index contributed by atoms with van der Waals surface area (Å²) in [7, 11) is 0. The summed E-state index contributed by atoms with van der Waals surface area (Å²) in [5.74, 6) is 7.20. The summed E-state index contributed by atoms with van der Waals surface area (Å²) >= 11 is 0. The molecule has 3 unspecified atom stereocenters. The smallest absolute Gasteiger partial charge is 0.158 e. The van der Waals surface area contributed by atoms with E-state index in [-0.39, 0.29) is 42.5 Å². The third-order valence-electron chi connectivity index (χ3n) is 8.30. The SMILES string of the molecule is CCC#CCC(C)[C@@H](/C=C/[C@@H]1[C@H]2CC(=C(F)CO)C[C@H]2C[C@H]1OC1CCCCO1)OC1CCCCO1. The first-order chi connectivity index (χ1) is 17.6. The van der Waals surface area contributed by atoms with Gasteiger partial charge in [0.2, 0.25) is 0 Å². The molecule has 0 radical (unpaired) electrons. The third-order valence-corrected chi connectivity index (χ3v) is 8.30. The van der Waals surface area contributed by atoms with Gasteiger partial charge in [0.15, 0.2) is 12.6 Å². The van der Waals surface area contributed by atoms with E-state index >= 15 is 0 Å². The first-order valence-electron chi connectivity index (χ1n) is 14.2. The molecule has 0 aromatic carbocycles. The van der Waals surface area contributed by atoms with Gasteiger partial charge in [0, 0.05) is 32.0 Å². The number of fused-ring (bicyclic) bond motifs is 1. The van der Waals surface area contributed by atoms with Gasteiger partial charge in [0.25, 0.3) is 0 Å². The Hall–Kier alpha value is -1.23. The van der Waals surface area contributed by atoms with Crippen molar-refractivity contribution in [3.8, 4) is 11.8 Å². The van der Waals surface area contributed by atoms with Gasteiger partial charge < -0.3 is 24.1 Å². The van der Waals surface area contributed by atoms with Crippen molar-refractivity contribution >= 4 is 0 Å². The number of rotatable bonds is 9. The van der Waals surface area contributed by atoms with Gasteiger partial charge in [-0.2, -0.15) is 0 Å². The van der Waals surface area contributed by atoms with Crippen LogP contribution in [0.1, 0.15) is 84.5 Å². The van der Waals surface area contributed by atoms with E-state index in [4.69, 9.17) is 18.9 Å². The summed E-state index contributed by atoms with van der Waals surface area (Å²) in [6, 6.07) is 0. The molecular weight excluding hydrogens is 459 g/mol. The molecule has 0 spiro atoms. The van der Waals surface area contributed by atoms with Crippen LogP contribution >= 0.6 is 0 Å². The molecule has 36 heavy (non-hydrogen) atoms. The number of aliphatic hydroxyl groups is 1. The second kappa shape index (κ2) is 14.1. The Kier molecular flexibility index (Phi) is 10.9. The van der Waals surface area contributed by atoms with Gasteiger partial charge >= 0.3 is 0 Å². The molecule has 0 bridgehead atoms. The Morgan fingerprint density at radius 3 is 2.53 bits per heavy atom. The molecule has 6 heteroatoms. The van der Waals surface area contributed by atoms with Crippen molar-refractivity contribution < 1.29 is 28.4 Å². The number of ether oxygens (including phenoxy) is 4. The van der Waals surface area contributed by atoms with Crippen molar-refractivity contribution in [3.05, 3.63) is 23.6 Å². The lowest BCUT2D eigenvalue weighted by Gasteiger charge is -2.31. The molecule has 2 aliphatic heterocycles. The molecule has 4 rings (SSSR count). The van der Waals surface area contributed by atoms with Gasteiger partial charge in [-0.15, -0.1) is 11.8 Å². The van der Waals surface area contributed by atoms with Gasteiger partial charge in [-0.1, -0.05) is 26.0 Å². The van der Waals surface area contributed by atoms with Crippen LogP contribution in [0.5, 0.6) is 0 Å². The first-order valence-corrected chi connectivity index (χ1v) is 14.2. The average Bonchev–Trinajstić information content (AvgIpc) is 3.45. The fourth-order valence-electron chi connectivity index (χ4n) is 6.28. The molecule has 5 nitrogen and oxygen atoms in total. The van der Waals surface area contributed by atoms with Crippen LogP contribution in [0.4, 0.5) is 4.39 Å². The van der Waals surface area contributed by atoms with Gasteiger partial charge in [0.05, 0.1) is 18.8 Å². The molecule has 2 heterocycles. The summed E-state index contributed by atoms with van der Waals surface area (Å²) < 4.78 is 39.1. The lowest BCUT2D eigenvalue weighted by Crippen LogP contribution is -2.32. The largest absolute Gasteiger partial charge is 0.389 e. The van der Waals surface area contributed by atoms with E-state index in [1.807, 2.05) is 0 Å². The van der Waals surface area contributed by atoms with Gasteiger partial charge in [-0.05, 0) is 81.1 Å². The summed E-state index contributed by atoms with van der Waals surface area (Å²) in [5.41, 5.74) is 0.782. The van der Waals surface area contributed by atoms with Crippen molar-refractivity contribution in [1.29, 1.82) is 0 Å². The Morgan fingerprint density at radius 2 is 1.86 bits per heavy atom. The van der Waals surface area contributed by atoms with E-state index in [1.54, 1.807) is 0 Å². The fourth-order valence-corrected chi connectivity index (χ4v) is 6.28. The molecule has 202 valence electrons. The van der Waals surface area contributed by atoms with E-state index in [9.17, 15) is 9.50 Å². The topological polar surface area (TPSA) is 57.2 Å². The Labute approximate surface area is 216 Å². The predicted octanol–water partition coefficient (Wildman–Crippen LogP) is 6.07. The standard InChI is InChI=1S/C30H45FO5/c1-3-4-5-10-21(2)27(35-29-11-6-8-15-33-29)14-13-24-25-18-23(26(31)20-32)17-22(25)19-28(24)36-30-12-7-9-16-34-30/h13-14,21-22,24-25,27-30,32H,3,6-12,15-20H2,1-2H3/b14-13+,26-23?/t21?,22-,24+,25-,27+,28+,29?,30?/m0/s1. The molecule has 4 fully saturated rings. The third kappa shape index (κ3) is 7.42. The normalized spacial score (nSPS) is 35.8. The summed E-state index contributed by atoms with van der Waals surface area (Å²) in [4.78, 5) is 0. The summed E-state index contributed by atoms with van der Waals surface area (Å²) in [6.07, 6.45) is 14.3. The molecule has 0 aromatic heterocycles. The minimum atomic E-state index is -0.501. The van der Waals surface area contributed by atoms with E-state index in [0.29, 0.717) is 24.7 Å². The molecule has 2 aliphatic carbocycles. The number of halogens is 1.